The van der Waals surface area contributed by atoms with Crippen LogP contribution in [0.1, 0.15) is 6.23 Å². The second-order valence-corrected chi connectivity index (χ2v) is 7.50. The number of aromatic nitrogens is 4. The molecular weight excluding hydrogens is 427 g/mol. The number of nitrogens with two attached hydrogens (primary N) is 1. The number of imidazole rings is 1. The topological polar surface area (TPSA) is 129 Å². The number of fused-ring (bicyclic) bond motifs is 1. The number of ether oxygens (including phenoxy) is 2. The van der Waals surface area contributed by atoms with Gasteiger partial charge < -0.3 is 25.4 Å². The molecule has 3 aromatic rings. The van der Waals surface area contributed by atoms with E-state index in [1.54, 1.807) is 6.07 Å². The van der Waals surface area contributed by atoms with Crippen LogP contribution in [0.25, 0.3) is 11.2 Å². The van der Waals surface area contributed by atoms with E-state index in [2.05, 4.69) is 19.7 Å². The number of halogens is 3. The summed E-state index contributed by atoms with van der Waals surface area (Å²) in [6, 6.07) is 5.64. The van der Waals surface area contributed by atoms with Crippen molar-refractivity contribution >= 4 is 28.7 Å². The number of anilines is 1. The maximum absolute atomic E-state index is 12.6. The van der Waals surface area contributed by atoms with E-state index in [0.29, 0.717) is 11.2 Å². The summed E-state index contributed by atoms with van der Waals surface area (Å²) in [5, 5.41) is 20.8. The maximum Gasteiger partial charge on any atom is 0.573 e. The minimum atomic E-state index is -4.83. The molecule has 13 heteroatoms. The molecule has 0 bridgehead atoms. The zero-order valence-corrected chi connectivity index (χ0v) is 15.9. The van der Waals surface area contributed by atoms with Crippen LogP contribution in [0, 0.1) is 0 Å². The fourth-order valence-electron chi connectivity index (χ4n) is 3.10. The first-order chi connectivity index (χ1) is 14.2. The van der Waals surface area contributed by atoms with Gasteiger partial charge in [-0.25, -0.2) is 15.0 Å². The van der Waals surface area contributed by atoms with Crippen LogP contribution in [0.5, 0.6) is 5.75 Å². The molecule has 4 rings (SSSR count). The lowest BCUT2D eigenvalue weighted by atomic mass is 10.1. The van der Waals surface area contributed by atoms with Crippen molar-refractivity contribution in [3.05, 3.63) is 36.9 Å². The third-order valence-corrected chi connectivity index (χ3v) is 5.62. The van der Waals surface area contributed by atoms with E-state index in [0.717, 1.165) is 11.8 Å². The lowest BCUT2D eigenvalue weighted by molar-refractivity contribution is -0.275. The zero-order valence-electron chi connectivity index (χ0n) is 15.1. The standard InChI is InChI=1S/C17H16F3N5O4S/c18-17(19,20)29-8-3-1-2-4-10(8)30-5-9-12(26)13(27)16(28-9)25-7-24-11-14(21)22-6-23-15(11)25/h1-4,6-7,9,12-13,16,26-27H,5H2,(H2,21,22,23)/t9-,12-,13-,16-/m1/s1. The van der Waals surface area contributed by atoms with Crippen molar-refractivity contribution < 1.29 is 32.9 Å². The second kappa shape index (κ2) is 7.91. The fraction of sp³-hybridized carbons (Fsp3) is 0.353. The minimum absolute atomic E-state index is 0.0662. The van der Waals surface area contributed by atoms with Gasteiger partial charge in [-0.3, -0.25) is 4.57 Å². The molecule has 9 nitrogen and oxygen atoms in total. The van der Waals surface area contributed by atoms with Gasteiger partial charge in [0.25, 0.3) is 0 Å². The first-order valence-electron chi connectivity index (χ1n) is 8.67. The molecule has 160 valence electrons. The van der Waals surface area contributed by atoms with Crippen LogP contribution < -0.4 is 10.5 Å². The van der Waals surface area contributed by atoms with Crippen molar-refractivity contribution in [3.8, 4) is 5.75 Å². The summed E-state index contributed by atoms with van der Waals surface area (Å²) in [7, 11) is 0. The van der Waals surface area contributed by atoms with Gasteiger partial charge in [0, 0.05) is 10.6 Å². The number of nitrogens with zero attached hydrogens (tertiary/aromatic N) is 4. The van der Waals surface area contributed by atoms with E-state index >= 15 is 0 Å². The van der Waals surface area contributed by atoms with Crippen molar-refractivity contribution in [1.29, 1.82) is 0 Å². The molecule has 4 N–H and O–H groups in total. The first kappa shape index (κ1) is 20.7. The van der Waals surface area contributed by atoms with Crippen LogP contribution in [0.2, 0.25) is 0 Å². The van der Waals surface area contributed by atoms with Gasteiger partial charge in [0.2, 0.25) is 0 Å². The van der Waals surface area contributed by atoms with Crippen LogP contribution >= 0.6 is 11.8 Å². The van der Waals surface area contributed by atoms with E-state index in [1.165, 1.54) is 35.4 Å². The summed E-state index contributed by atoms with van der Waals surface area (Å²) in [6.07, 6.45) is -6.71. The number of rotatable bonds is 5. The SMILES string of the molecule is Nc1ncnc2c1ncn2[C@@H]1O[C@H](CSc2ccccc2OC(F)(F)F)[C@@H](O)[C@H]1O. The number of alkyl halides is 3. The van der Waals surface area contributed by atoms with Crippen molar-refractivity contribution in [2.24, 2.45) is 0 Å². The smallest absolute Gasteiger partial charge is 0.405 e. The zero-order chi connectivity index (χ0) is 21.5. The van der Waals surface area contributed by atoms with Gasteiger partial charge in [0.1, 0.15) is 29.8 Å². The molecule has 1 aromatic carbocycles. The minimum Gasteiger partial charge on any atom is -0.405 e. The van der Waals surface area contributed by atoms with Gasteiger partial charge in [-0.15, -0.1) is 24.9 Å². The van der Waals surface area contributed by atoms with Crippen molar-refractivity contribution in [2.75, 3.05) is 11.5 Å². The molecular formula is C17H16F3N5O4S. The molecule has 2 aromatic heterocycles. The van der Waals surface area contributed by atoms with Gasteiger partial charge in [-0.2, -0.15) is 0 Å². The van der Waals surface area contributed by atoms with Gasteiger partial charge in [-0.05, 0) is 12.1 Å². The molecule has 1 fully saturated rings. The molecule has 30 heavy (non-hydrogen) atoms. The Morgan fingerprint density at radius 2 is 1.93 bits per heavy atom. The number of nitrogen functional groups attached to an aromatic ring is 1. The largest absolute Gasteiger partial charge is 0.573 e. The molecule has 1 aliphatic rings. The summed E-state index contributed by atoms with van der Waals surface area (Å²) < 4.78 is 49.0. The van der Waals surface area contributed by atoms with Crippen LogP contribution in [0.4, 0.5) is 19.0 Å². The highest BCUT2D eigenvalue weighted by Crippen LogP contribution is 2.37. The van der Waals surface area contributed by atoms with Gasteiger partial charge in [0.15, 0.2) is 17.7 Å². The molecule has 1 saturated heterocycles. The van der Waals surface area contributed by atoms with E-state index in [4.69, 9.17) is 10.5 Å². The molecule has 3 heterocycles. The predicted octanol–water partition coefficient (Wildman–Crippen LogP) is 1.72. The molecule has 0 unspecified atom stereocenters. The van der Waals surface area contributed by atoms with Gasteiger partial charge in [-0.1, -0.05) is 12.1 Å². The number of para-hydroxylation sites is 1. The van der Waals surface area contributed by atoms with Crippen LogP contribution in [0.3, 0.4) is 0 Å². The lowest BCUT2D eigenvalue weighted by Crippen LogP contribution is -2.32. The Hall–Kier alpha value is -2.61. The van der Waals surface area contributed by atoms with E-state index < -0.39 is 30.9 Å². The Kier molecular flexibility index (Phi) is 5.44. The number of benzene rings is 1. The Morgan fingerprint density at radius 1 is 1.17 bits per heavy atom. The number of aliphatic hydroxyl groups is 2. The second-order valence-electron chi connectivity index (χ2n) is 6.43. The normalized spacial score (nSPS) is 24.4. The molecule has 0 saturated carbocycles. The molecule has 4 atom stereocenters. The predicted molar refractivity (Wildman–Crippen MR) is 99.5 cm³/mol. The summed E-state index contributed by atoms with van der Waals surface area (Å²) in [6.45, 7) is 0. The average molecular weight is 443 g/mol. The molecule has 0 aliphatic carbocycles. The number of hydrogen-bond acceptors (Lipinski definition) is 9. The van der Waals surface area contributed by atoms with Crippen molar-refractivity contribution in [3.63, 3.8) is 0 Å². The highest BCUT2D eigenvalue weighted by Gasteiger charge is 2.44. The summed E-state index contributed by atoms with van der Waals surface area (Å²) in [5.74, 6) is -0.135. The third kappa shape index (κ3) is 4.01. The maximum atomic E-state index is 12.6. The van der Waals surface area contributed by atoms with E-state index in [9.17, 15) is 23.4 Å². The Morgan fingerprint density at radius 3 is 2.70 bits per heavy atom. The summed E-state index contributed by atoms with van der Waals surface area (Å²) in [5.41, 5.74) is 6.39. The van der Waals surface area contributed by atoms with Gasteiger partial charge >= 0.3 is 6.36 Å². The summed E-state index contributed by atoms with van der Waals surface area (Å²) in [4.78, 5) is 12.2. The average Bonchev–Trinajstić information content (AvgIpc) is 3.23. The van der Waals surface area contributed by atoms with Crippen molar-refractivity contribution in [2.45, 2.75) is 35.8 Å². The van der Waals surface area contributed by atoms with Crippen molar-refractivity contribution in [1.82, 2.24) is 19.5 Å². The highest BCUT2D eigenvalue weighted by molar-refractivity contribution is 7.99. The number of thioether (sulfide) groups is 1. The van der Waals surface area contributed by atoms with E-state index in [-0.39, 0.29) is 22.2 Å². The number of hydrogen-bond donors (Lipinski definition) is 3. The van der Waals surface area contributed by atoms with Crippen LogP contribution in [0.15, 0.2) is 41.8 Å². The third-order valence-electron chi connectivity index (χ3n) is 4.48. The first-order valence-corrected chi connectivity index (χ1v) is 9.65. The van der Waals surface area contributed by atoms with Gasteiger partial charge in [0.05, 0.1) is 12.4 Å². The van der Waals surface area contributed by atoms with Crippen LogP contribution in [-0.4, -0.2) is 60.2 Å². The Labute approximate surface area is 171 Å². The Balaban J connectivity index is 1.50. The Bertz CT molecular complexity index is 1050. The quantitative estimate of drug-likeness (QED) is 0.505. The lowest BCUT2D eigenvalue weighted by Gasteiger charge is -2.17. The fourth-order valence-corrected chi connectivity index (χ4v) is 4.15. The molecule has 0 amide bonds. The molecule has 0 radical (unpaired) electrons. The summed E-state index contributed by atoms with van der Waals surface area (Å²) >= 11 is 1.00. The highest BCUT2D eigenvalue weighted by atomic mass is 32.2. The molecule has 0 spiro atoms. The molecule has 1 aliphatic heterocycles. The number of aliphatic hydroxyl groups excluding tert-OH is 2. The monoisotopic (exact) mass is 443 g/mol. The van der Waals surface area contributed by atoms with Crippen LogP contribution in [-0.2, 0) is 4.74 Å². The van der Waals surface area contributed by atoms with E-state index in [1.807, 2.05) is 0 Å².